The monoisotopic (exact) mass is 307 g/mol. The molecular weight excluding hydrogens is 278 g/mol. The highest BCUT2D eigenvalue weighted by atomic mass is 16.5. The molecule has 3 atom stereocenters. The van der Waals surface area contributed by atoms with Crippen LogP contribution in [0.1, 0.15) is 57.8 Å². The van der Waals surface area contributed by atoms with Gasteiger partial charge in [0.2, 0.25) is 5.91 Å². The van der Waals surface area contributed by atoms with Crippen molar-refractivity contribution in [3.8, 4) is 0 Å². The molecule has 4 rings (SSSR count). The van der Waals surface area contributed by atoms with Crippen LogP contribution in [0.15, 0.2) is 0 Å². The van der Waals surface area contributed by atoms with Crippen molar-refractivity contribution in [1.82, 2.24) is 4.90 Å². The normalized spacial score (nSPS) is 35.8. The zero-order valence-electron chi connectivity index (χ0n) is 13.5. The van der Waals surface area contributed by atoms with Gasteiger partial charge in [-0.05, 0) is 50.4 Å². The van der Waals surface area contributed by atoms with Gasteiger partial charge in [-0.1, -0.05) is 12.8 Å². The lowest BCUT2D eigenvalue weighted by Crippen LogP contribution is -2.55. The van der Waals surface area contributed by atoms with Gasteiger partial charge in [-0.3, -0.25) is 4.79 Å². The van der Waals surface area contributed by atoms with Crippen molar-refractivity contribution in [3.63, 3.8) is 0 Å². The number of carbonyl (C=O) groups is 1. The molecule has 4 nitrogen and oxygen atoms in total. The van der Waals surface area contributed by atoms with E-state index in [2.05, 4.69) is 4.90 Å². The Hall–Kier alpha value is -0.610. The van der Waals surface area contributed by atoms with Gasteiger partial charge in [-0.2, -0.15) is 0 Å². The second-order valence-corrected chi connectivity index (χ2v) is 7.74. The fourth-order valence-electron chi connectivity index (χ4n) is 4.50. The third kappa shape index (κ3) is 3.18. The molecule has 0 aromatic carbocycles. The fourth-order valence-corrected chi connectivity index (χ4v) is 4.50. The molecule has 22 heavy (non-hydrogen) atoms. The molecule has 124 valence electrons. The number of likely N-dealkylation sites (tertiary alicyclic amines) is 1. The number of ether oxygens (including phenoxy) is 2. The summed E-state index contributed by atoms with van der Waals surface area (Å²) in [5.41, 5.74) is 0. The first-order chi connectivity index (χ1) is 10.8. The summed E-state index contributed by atoms with van der Waals surface area (Å²) < 4.78 is 12.1. The summed E-state index contributed by atoms with van der Waals surface area (Å²) in [5, 5.41) is 0. The zero-order chi connectivity index (χ0) is 14.9. The third-order valence-electron chi connectivity index (χ3n) is 6.03. The van der Waals surface area contributed by atoms with Gasteiger partial charge in [-0.15, -0.1) is 0 Å². The van der Waals surface area contributed by atoms with Crippen LogP contribution in [0.4, 0.5) is 0 Å². The predicted molar refractivity (Wildman–Crippen MR) is 83.5 cm³/mol. The fraction of sp³-hybridized carbons (Fsp3) is 0.944. The van der Waals surface area contributed by atoms with E-state index in [1.54, 1.807) is 0 Å². The maximum atomic E-state index is 12.7. The minimum Gasteiger partial charge on any atom is -0.375 e. The minimum atomic E-state index is 0.125. The van der Waals surface area contributed by atoms with Crippen LogP contribution in [-0.4, -0.2) is 48.8 Å². The number of hydrogen-bond donors (Lipinski definition) is 0. The summed E-state index contributed by atoms with van der Waals surface area (Å²) in [6.07, 6.45) is 10.8. The lowest BCUT2D eigenvalue weighted by Gasteiger charge is -2.41. The Bertz CT molecular complexity index is 403. The molecule has 0 unspecified atom stereocenters. The minimum absolute atomic E-state index is 0.125. The average Bonchev–Trinajstić information content (AvgIpc) is 3.00. The standard InChI is InChI=1S/C18H29NO3/c20-17(11-13-3-1-2-4-13)19-9-7-16(22-12-14-5-6-14)18-15(19)8-10-21-18/h13-16,18H,1-12H2/t15-,16+,18-/m0/s1. The molecule has 0 radical (unpaired) electrons. The molecule has 0 aromatic heterocycles. The first-order valence-corrected chi connectivity index (χ1v) is 9.34. The van der Waals surface area contributed by atoms with E-state index >= 15 is 0 Å². The van der Waals surface area contributed by atoms with Gasteiger partial charge in [0.25, 0.3) is 0 Å². The van der Waals surface area contributed by atoms with E-state index in [-0.39, 0.29) is 18.2 Å². The SMILES string of the molecule is O=C(CC1CCCC1)N1CC[C@@H](OCC2CC2)[C@H]2OCC[C@@H]21. The maximum Gasteiger partial charge on any atom is 0.223 e. The molecule has 1 amide bonds. The Morgan fingerprint density at radius 2 is 1.86 bits per heavy atom. The van der Waals surface area contributed by atoms with Gasteiger partial charge in [-0.25, -0.2) is 0 Å². The van der Waals surface area contributed by atoms with E-state index in [0.29, 0.717) is 11.8 Å². The van der Waals surface area contributed by atoms with E-state index in [9.17, 15) is 4.79 Å². The Balaban J connectivity index is 1.34. The van der Waals surface area contributed by atoms with Crippen LogP contribution in [0.25, 0.3) is 0 Å². The van der Waals surface area contributed by atoms with Gasteiger partial charge in [0, 0.05) is 26.2 Å². The Morgan fingerprint density at radius 3 is 2.64 bits per heavy atom. The average molecular weight is 307 g/mol. The van der Waals surface area contributed by atoms with Crippen molar-refractivity contribution in [2.75, 3.05) is 19.8 Å². The third-order valence-corrected chi connectivity index (χ3v) is 6.03. The number of piperidine rings is 1. The lowest BCUT2D eigenvalue weighted by atomic mass is 9.94. The number of hydrogen-bond acceptors (Lipinski definition) is 3. The molecule has 4 aliphatic rings. The van der Waals surface area contributed by atoms with Crippen molar-refractivity contribution < 1.29 is 14.3 Å². The highest BCUT2D eigenvalue weighted by Gasteiger charge is 2.45. The second kappa shape index (κ2) is 6.48. The Labute approximate surface area is 133 Å². The van der Waals surface area contributed by atoms with Crippen molar-refractivity contribution in [1.29, 1.82) is 0 Å². The number of carbonyl (C=O) groups excluding carboxylic acids is 1. The van der Waals surface area contributed by atoms with Gasteiger partial charge in [0.15, 0.2) is 0 Å². The first kappa shape index (κ1) is 14.9. The molecule has 2 saturated carbocycles. The Morgan fingerprint density at radius 1 is 1.05 bits per heavy atom. The van der Waals surface area contributed by atoms with Gasteiger partial charge < -0.3 is 14.4 Å². The molecule has 2 aliphatic heterocycles. The molecule has 4 fully saturated rings. The van der Waals surface area contributed by atoms with Crippen LogP contribution < -0.4 is 0 Å². The molecule has 0 aromatic rings. The van der Waals surface area contributed by atoms with Crippen LogP contribution >= 0.6 is 0 Å². The summed E-state index contributed by atoms with van der Waals surface area (Å²) in [4.78, 5) is 14.8. The summed E-state index contributed by atoms with van der Waals surface area (Å²) in [7, 11) is 0. The van der Waals surface area contributed by atoms with Crippen molar-refractivity contribution in [2.24, 2.45) is 11.8 Å². The zero-order valence-corrected chi connectivity index (χ0v) is 13.5. The number of rotatable bonds is 5. The van der Waals surface area contributed by atoms with Crippen molar-refractivity contribution >= 4 is 5.91 Å². The smallest absolute Gasteiger partial charge is 0.223 e. The quantitative estimate of drug-likeness (QED) is 0.784. The van der Waals surface area contributed by atoms with Crippen LogP contribution in [0, 0.1) is 11.8 Å². The summed E-state index contributed by atoms with van der Waals surface area (Å²) in [6.45, 7) is 2.55. The first-order valence-electron chi connectivity index (χ1n) is 9.34. The van der Waals surface area contributed by atoms with E-state index in [1.807, 2.05) is 0 Å². The second-order valence-electron chi connectivity index (χ2n) is 7.74. The number of amides is 1. The van der Waals surface area contributed by atoms with Crippen LogP contribution in [0.2, 0.25) is 0 Å². The summed E-state index contributed by atoms with van der Waals surface area (Å²) in [5.74, 6) is 1.80. The Kier molecular flexibility index (Phi) is 4.40. The molecule has 0 N–H and O–H groups in total. The van der Waals surface area contributed by atoms with Gasteiger partial charge in [0.05, 0.1) is 12.1 Å². The van der Waals surface area contributed by atoms with Crippen molar-refractivity contribution in [2.45, 2.75) is 76.0 Å². The molecule has 4 heteroatoms. The topological polar surface area (TPSA) is 38.8 Å². The highest BCUT2D eigenvalue weighted by Crippen LogP contribution is 2.35. The largest absolute Gasteiger partial charge is 0.375 e. The van der Waals surface area contributed by atoms with E-state index in [4.69, 9.17) is 9.47 Å². The van der Waals surface area contributed by atoms with Crippen molar-refractivity contribution in [3.05, 3.63) is 0 Å². The number of nitrogens with zero attached hydrogens (tertiary/aromatic N) is 1. The van der Waals surface area contributed by atoms with Gasteiger partial charge >= 0.3 is 0 Å². The molecule has 2 saturated heterocycles. The van der Waals surface area contributed by atoms with E-state index < -0.39 is 0 Å². The van der Waals surface area contributed by atoms with Crippen LogP contribution in [-0.2, 0) is 14.3 Å². The molecule has 2 aliphatic carbocycles. The highest BCUT2D eigenvalue weighted by molar-refractivity contribution is 5.77. The lowest BCUT2D eigenvalue weighted by molar-refractivity contribution is -0.146. The van der Waals surface area contributed by atoms with Crippen LogP contribution in [0.5, 0.6) is 0 Å². The molecule has 0 spiro atoms. The molecule has 2 heterocycles. The predicted octanol–water partition coefficient (Wildman–Crippen LogP) is 2.75. The maximum absolute atomic E-state index is 12.7. The van der Waals surface area contributed by atoms with E-state index in [1.165, 1.54) is 38.5 Å². The van der Waals surface area contributed by atoms with Gasteiger partial charge in [0.1, 0.15) is 6.10 Å². The number of fused-ring (bicyclic) bond motifs is 1. The van der Waals surface area contributed by atoms with E-state index in [0.717, 1.165) is 44.9 Å². The summed E-state index contributed by atoms with van der Waals surface area (Å²) in [6, 6.07) is 0.270. The van der Waals surface area contributed by atoms with Crippen LogP contribution in [0.3, 0.4) is 0 Å². The molecular formula is C18H29NO3. The molecule has 0 bridgehead atoms. The summed E-state index contributed by atoms with van der Waals surface area (Å²) >= 11 is 0.